The number of nitrogens with two attached hydrogens (primary N) is 1. The number of ether oxygens (including phenoxy) is 1. The predicted octanol–water partition coefficient (Wildman–Crippen LogP) is 1.03. The predicted molar refractivity (Wildman–Crippen MR) is 94.3 cm³/mol. The van der Waals surface area contributed by atoms with Gasteiger partial charge >= 0.3 is 5.97 Å². The van der Waals surface area contributed by atoms with Gasteiger partial charge in [-0.15, -0.1) is 0 Å². The number of rotatable bonds is 4. The van der Waals surface area contributed by atoms with Crippen molar-refractivity contribution >= 4 is 23.5 Å². The van der Waals surface area contributed by atoms with Crippen molar-refractivity contribution in [3.8, 4) is 0 Å². The molecule has 2 aromatic rings. The number of furan rings is 1. The molecule has 7 nitrogen and oxygen atoms in total. The molecule has 2 aliphatic heterocycles. The molecule has 4 atom stereocenters. The lowest BCUT2D eigenvalue weighted by atomic mass is 9.81. The standard InChI is InChI=1S/C20H20N2O5/c1-3-26-19(25)20(2)15-14(16(21-20)13-10-7-11-27-13)17(23)22(18(15)24)12-8-5-4-6-9-12/h4-11,14-16,21H,3H2,1-2H3/p+1/t14-,15+,16-,20-/m0/s1. The van der Waals surface area contributed by atoms with E-state index in [4.69, 9.17) is 9.15 Å². The number of carbonyl (C=O) groups excluding carboxylic acids is 3. The first-order chi connectivity index (χ1) is 13.0. The van der Waals surface area contributed by atoms with Crippen LogP contribution in [0.3, 0.4) is 0 Å². The zero-order valence-electron chi connectivity index (χ0n) is 15.1. The summed E-state index contributed by atoms with van der Waals surface area (Å²) in [7, 11) is 0. The number of esters is 1. The van der Waals surface area contributed by atoms with E-state index in [9.17, 15) is 14.4 Å². The minimum absolute atomic E-state index is 0.204. The molecule has 2 amide bonds. The lowest BCUT2D eigenvalue weighted by molar-refractivity contribution is -0.732. The van der Waals surface area contributed by atoms with Gasteiger partial charge in [0.15, 0.2) is 11.8 Å². The van der Waals surface area contributed by atoms with Gasteiger partial charge in [-0.1, -0.05) is 18.2 Å². The summed E-state index contributed by atoms with van der Waals surface area (Å²) in [5.74, 6) is -2.14. The fourth-order valence-corrected chi connectivity index (χ4v) is 4.32. The largest absolute Gasteiger partial charge is 0.463 e. The highest BCUT2D eigenvalue weighted by molar-refractivity contribution is 6.23. The highest BCUT2D eigenvalue weighted by atomic mass is 16.5. The van der Waals surface area contributed by atoms with Crippen molar-refractivity contribution in [2.24, 2.45) is 11.8 Å². The fourth-order valence-electron chi connectivity index (χ4n) is 4.32. The normalized spacial score (nSPS) is 29.9. The van der Waals surface area contributed by atoms with Crippen LogP contribution in [0.4, 0.5) is 5.69 Å². The van der Waals surface area contributed by atoms with Crippen LogP contribution in [-0.4, -0.2) is 29.9 Å². The van der Waals surface area contributed by atoms with Gasteiger partial charge in [0.2, 0.25) is 17.4 Å². The molecule has 3 heterocycles. The molecule has 0 bridgehead atoms. The lowest BCUT2D eigenvalue weighted by Gasteiger charge is -2.25. The van der Waals surface area contributed by atoms with Crippen LogP contribution >= 0.6 is 0 Å². The van der Waals surface area contributed by atoms with E-state index in [0.29, 0.717) is 11.4 Å². The third-order valence-electron chi connectivity index (χ3n) is 5.51. The summed E-state index contributed by atoms with van der Waals surface area (Å²) in [6.07, 6.45) is 1.52. The highest BCUT2D eigenvalue weighted by Crippen LogP contribution is 2.45. The third-order valence-corrected chi connectivity index (χ3v) is 5.51. The molecule has 140 valence electrons. The van der Waals surface area contributed by atoms with E-state index in [0.717, 1.165) is 0 Å². The highest BCUT2D eigenvalue weighted by Gasteiger charge is 2.71. The summed E-state index contributed by atoms with van der Waals surface area (Å²) in [5, 5.41) is 1.75. The molecule has 0 spiro atoms. The van der Waals surface area contributed by atoms with Crippen molar-refractivity contribution in [1.82, 2.24) is 0 Å². The number of fused-ring (bicyclic) bond motifs is 1. The Bertz CT molecular complexity index is 879. The molecule has 2 aliphatic rings. The number of amides is 2. The number of hydrogen-bond donors (Lipinski definition) is 1. The summed E-state index contributed by atoms with van der Waals surface area (Å²) in [5.41, 5.74) is -0.694. The summed E-state index contributed by atoms with van der Waals surface area (Å²) in [6.45, 7) is 3.59. The minimum Gasteiger partial charge on any atom is -0.463 e. The molecular formula is C20H21N2O5+. The van der Waals surface area contributed by atoms with Crippen LogP contribution in [0.25, 0.3) is 0 Å². The van der Waals surface area contributed by atoms with Gasteiger partial charge in [0.05, 0.1) is 18.6 Å². The minimum atomic E-state index is -1.20. The van der Waals surface area contributed by atoms with E-state index in [1.54, 1.807) is 55.6 Å². The van der Waals surface area contributed by atoms with Crippen molar-refractivity contribution in [2.45, 2.75) is 25.4 Å². The molecule has 1 aromatic heterocycles. The fraction of sp³-hybridized carbons (Fsp3) is 0.350. The van der Waals surface area contributed by atoms with Crippen LogP contribution in [0.2, 0.25) is 0 Å². The maximum atomic E-state index is 13.3. The summed E-state index contributed by atoms with van der Waals surface area (Å²) in [4.78, 5) is 40.5. The van der Waals surface area contributed by atoms with Gasteiger partial charge in [-0.2, -0.15) is 0 Å². The summed E-state index contributed by atoms with van der Waals surface area (Å²) < 4.78 is 10.8. The number of anilines is 1. The molecule has 2 saturated heterocycles. The monoisotopic (exact) mass is 369 g/mol. The number of imide groups is 1. The molecule has 0 radical (unpaired) electrons. The second-order valence-corrected chi connectivity index (χ2v) is 7.06. The van der Waals surface area contributed by atoms with Gasteiger partial charge in [0, 0.05) is 6.92 Å². The molecule has 7 heteroatoms. The topological polar surface area (TPSA) is 93.4 Å². The molecule has 2 N–H and O–H groups in total. The Morgan fingerprint density at radius 2 is 1.93 bits per heavy atom. The lowest BCUT2D eigenvalue weighted by Crippen LogP contribution is -2.97. The molecule has 1 aromatic carbocycles. The first-order valence-electron chi connectivity index (χ1n) is 8.98. The van der Waals surface area contributed by atoms with E-state index in [-0.39, 0.29) is 18.4 Å². The first-order valence-corrected chi connectivity index (χ1v) is 8.98. The van der Waals surface area contributed by atoms with E-state index >= 15 is 0 Å². The van der Waals surface area contributed by atoms with Gasteiger partial charge in [-0.3, -0.25) is 9.59 Å². The Morgan fingerprint density at radius 3 is 2.56 bits per heavy atom. The average molecular weight is 369 g/mol. The van der Waals surface area contributed by atoms with E-state index in [1.807, 2.05) is 6.07 Å². The second-order valence-electron chi connectivity index (χ2n) is 7.06. The maximum absolute atomic E-state index is 13.3. The molecule has 0 aliphatic carbocycles. The quantitative estimate of drug-likeness (QED) is 0.642. The number of benzene rings is 1. The molecule has 0 saturated carbocycles. The van der Waals surface area contributed by atoms with Crippen LogP contribution < -0.4 is 10.2 Å². The van der Waals surface area contributed by atoms with Gasteiger partial charge in [0.1, 0.15) is 11.8 Å². The van der Waals surface area contributed by atoms with Gasteiger partial charge in [-0.25, -0.2) is 9.69 Å². The van der Waals surface area contributed by atoms with Crippen molar-refractivity contribution in [2.75, 3.05) is 11.5 Å². The van der Waals surface area contributed by atoms with Crippen molar-refractivity contribution in [3.63, 3.8) is 0 Å². The van der Waals surface area contributed by atoms with E-state index in [1.165, 1.54) is 11.2 Å². The molecule has 0 unspecified atom stereocenters. The van der Waals surface area contributed by atoms with Gasteiger partial charge in [-0.05, 0) is 31.2 Å². The Balaban J connectivity index is 1.81. The van der Waals surface area contributed by atoms with Gasteiger partial charge in [0.25, 0.3) is 0 Å². The second kappa shape index (κ2) is 6.35. The Kier molecular flexibility index (Phi) is 4.11. The first kappa shape index (κ1) is 17.5. The van der Waals surface area contributed by atoms with Crippen molar-refractivity contribution < 1.29 is 28.9 Å². The van der Waals surface area contributed by atoms with Crippen molar-refractivity contribution in [1.29, 1.82) is 0 Å². The van der Waals surface area contributed by atoms with Crippen LogP contribution in [0.15, 0.2) is 53.1 Å². The number of hydrogen-bond acceptors (Lipinski definition) is 5. The zero-order valence-corrected chi connectivity index (χ0v) is 15.1. The molecule has 27 heavy (non-hydrogen) atoms. The number of carbonyl (C=O) groups is 3. The number of para-hydroxylation sites is 1. The van der Waals surface area contributed by atoms with Crippen LogP contribution in [0, 0.1) is 11.8 Å². The average Bonchev–Trinajstić information content (AvgIpc) is 3.34. The van der Waals surface area contributed by atoms with Crippen molar-refractivity contribution in [3.05, 3.63) is 54.5 Å². The van der Waals surface area contributed by atoms with Gasteiger partial charge < -0.3 is 14.5 Å². The molecule has 2 fully saturated rings. The third kappa shape index (κ3) is 2.49. The number of nitrogens with zero attached hydrogens (tertiary/aromatic N) is 1. The van der Waals surface area contributed by atoms with Crippen LogP contribution in [0.5, 0.6) is 0 Å². The zero-order chi connectivity index (χ0) is 19.2. The Morgan fingerprint density at radius 1 is 1.19 bits per heavy atom. The summed E-state index contributed by atoms with van der Waals surface area (Å²) in [6, 6.07) is 11.8. The molecule has 4 rings (SSSR count). The van der Waals surface area contributed by atoms with E-state index < -0.39 is 29.4 Å². The SMILES string of the molecule is CCOC(=O)[C@@]1(C)[NH2+][C@@H](c2ccco2)[C@H]2C(=O)N(c3ccccc3)C(=O)[C@@H]21. The van der Waals surface area contributed by atoms with E-state index in [2.05, 4.69) is 0 Å². The maximum Gasteiger partial charge on any atom is 0.368 e. The number of quaternary nitrogens is 1. The Hall–Kier alpha value is -2.93. The molecular weight excluding hydrogens is 348 g/mol. The van der Waals surface area contributed by atoms with Crippen LogP contribution in [0.1, 0.15) is 25.6 Å². The Labute approximate surface area is 156 Å². The van der Waals surface area contributed by atoms with Crippen LogP contribution in [-0.2, 0) is 19.1 Å². The smallest absolute Gasteiger partial charge is 0.368 e. The summed E-state index contributed by atoms with van der Waals surface area (Å²) >= 11 is 0.